The molecule has 1 saturated carbocycles. The topological polar surface area (TPSA) is 106 Å². The third kappa shape index (κ3) is 8.22. The second kappa shape index (κ2) is 14.3. The normalized spacial score (nSPS) is 18.5. The molecule has 43 heavy (non-hydrogen) atoms. The molecule has 1 heterocycles. The summed E-state index contributed by atoms with van der Waals surface area (Å²) in [6.45, 7) is 2.54. The molecule has 1 aliphatic heterocycles. The van der Waals surface area contributed by atoms with Crippen molar-refractivity contribution in [2.24, 2.45) is 5.92 Å². The van der Waals surface area contributed by atoms with Crippen molar-refractivity contribution in [1.82, 2.24) is 4.31 Å². The summed E-state index contributed by atoms with van der Waals surface area (Å²) >= 11 is 13.5. The number of ether oxygens (including phenoxy) is 3. The van der Waals surface area contributed by atoms with Crippen molar-refractivity contribution < 1.29 is 36.2 Å². The van der Waals surface area contributed by atoms with Gasteiger partial charge in [-0.25, -0.2) is 13.2 Å². The Kier molecular flexibility index (Phi) is 11.0. The van der Waals surface area contributed by atoms with Crippen molar-refractivity contribution >= 4 is 51.0 Å². The lowest BCUT2D eigenvalue weighted by Gasteiger charge is -2.26. The molecule has 0 amide bonds. The number of allylic oxidation sites excluding steroid dienone is 2. The number of carbonyl (C=O) groups is 1. The lowest BCUT2D eigenvalue weighted by atomic mass is 10.00. The van der Waals surface area contributed by atoms with Crippen LogP contribution in [0, 0.1) is 17.2 Å². The van der Waals surface area contributed by atoms with E-state index in [2.05, 4.69) is 11.3 Å². The molecule has 230 valence electrons. The van der Waals surface area contributed by atoms with Crippen LogP contribution >= 0.6 is 35.0 Å². The number of benzene rings is 2. The smallest absolute Gasteiger partial charge is 0.387 e. The summed E-state index contributed by atoms with van der Waals surface area (Å²) in [5, 5.41) is 8.59. The third-order valence-corrected chi connectivity index (χ3v) is 10.5. The number of nitrogens with zero attached hydrogens (tertiary/aromatic N) is 2. The van der Waals surface area contributed by atoms with Gasteiger partial charge in [0, 0.05) is 28.8 Å². The predicted molar refractivity (Wildman–Crippen MR) is 160 cm³/mol. The molecule has 4 rings (SSSR count). The van der Waals surface area contributed by atoms with Crippen molar-refractivity contribution in [1.29, 1.82) is 5.26 Å². The van der Waals surface area contributed by atoms with Gasteiger partial charge in [-0.15, -0.1) is 11.8 Å². The minimum absolute atomic E-state index is 0.0143. The molecule has 0 unspecified atom stereocenters. The average Bonchev–Trinajstić information content (AvgIpc) is 3.65. The zero-order valence-electron chi connectivity index (χ0n) is 23.0. The number of esters is 1. The van der Waals surface area contributed by atoms with E-state index in [4.69, 9.17) is 32.7 Å². The van der Waals surface area contributed by atoms with Crippen LogP contribution < -0.4 is 9.47 Å². The van der Waals surface area contributed by atoms with Gasteiger partial charge in [0.15, 0.2) is 16.9 Å². The van der Waals surface area contributed by atoms with Gasteiger partial charge >= 0.3 is 12.6 Å². The largest absolute Gasteiger partial charge is 0.489 e. The quantitative estimate of drug-likeness (QED) is 0.166. The van der Waals surface area contributed by atoms with Gasteiger partial charge in [0.05, 0.1) is 12.2 Å². The molecule has 1 aliphatic carbocycles. The Morgan fingerprint density at radius 3 is 2.56 bits per heavy atom. The summed E-state index contributed by atoms with van der Waals surface area (Å²) in [5.41, 5.74) is 0.671. The molecule has 0 bridgehead atoms. The van der Waals surface area contributed by atoms with Gasteiger partial charge in [0.2, 0.25) is 10.0 Å². The minimum atomic E-state index is -4.24. The number of halogens is 4. The highest BCUT2D eigenvalue weighted by molar-refractivity contribution is 8.02. The van der Waals surface area contributed by atoms with E-state index >= 15 is 0 Å². The molecule has 2 aromatic rings. The van der Waals surface area contributed by atoms with Crippen molar-refractivity contribution in [3.05, 3.63) is 75.8 Å². The Balaban J connectivity index is 1.67. The van der Waals surface area contributed by atoms with Crippen LogP contribution in [-0.2, 0) is 19.6 Å². The molecule has 0 aromatic heterocycles. The number of thioether (sulfide) groups is 1. The number of hydrogen-bond donors (Lipinski definition) is 0. The fourth-order valence-electron chi connectivity index (χ4n) is 4.37. The van der Waals surface area contributed by atoms with E-state index in [9.17, 15) is 27.3 Å². The summed E-state index contributed by atoms with van der Waals surface area (Å²) in [4.78, 5) is 13.4. The lowest BCUT2D eigenvalue weighted by Crippen LogP contribution is -2.41. The first kappa shape index (κ1) is 33.1. The molecule has 2 aliphatic rings. The summed E-state index contributed by atoms with van der Waals surface area (Å²) in [6, 6.07) is 11.8. The van der Waals surface area contributed by atoms with Gasteiger partial charge in [-0.05, 0) is 61.1 Å². The molecule has 2 aromatic carbocycles. The summed E-state index contributed by atoms with van der Waals surface area (Å²) in [7, 11) is -4.24. The maximum absolute atomic E-state index is 13.6. The molecule has 1 saturated heterocycles. The number of sulfonamides is 1. The maximum atomic E-state index is 13.6. The van der Waals surface area contributed by atoms with Crippen molar-refractivity contribution in [3.63, 3.8) is 0 Å². The van der Waals surface area contributed by atoms with Crippen LogP contribution in [0.5, 0.6) is 11.5 Å². The zero-order valence-corrected chi connectivity index (χ0v) is 26.1. The monoisotopic (exact) mass is 672 g/mol. The van der Waals surface area contributed by atoms with Gasteiger partial charge in [-0.1, -0.05) is 48.0 Å². The van der Waals surface area contributed by atoms with Crippen LogP contribution in [0.25, 0.3) is 0 Å². The zero-order chi connectivity index (χ0) is 31.3. The molecule has 14 heteroatoms. The molecular weight excluding hydrogens is 645 g/mol. The second-order valence-corrected chi connectivity index (χ2v) is 13.9. The van der Waals surface area contributed by atoms with Gasteiger partial charge in [-0.3, -0.25) is 0 Å². The van der Waals surface area contributed by atoms with E-state index in [1.807, 2.05) is 6.07 Å². The van der Waals surface area contributed by atoms with E-state index in [1.165, 1.54) is 36.4 Å². The standard InChI is InChI=1S/C29H28Cl2F2N2O6S2/c1-17(30)22(18(2)31)14-24(20-9-10-23(41-29(32)33)25(13-20)39-16-19-7-8-19)40-28(36)27-35(11-12-42-27)43(37,38)26-6-4-3-5-21(26)15-34/h3-6,9-10,13,19,24,27,29H,1,7-8,11-12,14,16H2,2H3/b22-18+/t24-,27-/m0/s1. The Labute approximate surface area is 263 Å². The van der Waals surface area contributed by atoms with Crippen LogP contribution in [0.4, 0.5) is 8.78 Å². The lowest BCUT2D eigenvalue weighted by molar-refractivity contribution is -0.150. The van der Waals surface area contributed by atoms with E-state index in [0.717, 1.165) is 28.9 Å². The third-order valence-electron chi connectivity index (χ3n) is 6.76. The van der Waals surface area contributed by atoms with Gasteiger partial charge < -0.3 is 14.2 Å². The number of alkyl halides is 2. The van der Waals surface area contributed by atoms with E-state index in [0.29, 0.717) is 29.4 Å². The molecule has 2 fully saturated rings. The van der Waals surface area contributed by atoms with E-state index in [1.54, 1.807) is 13.0 Å². The highest BCUT2D eigenvalue weighted by atomic mass is 35.5. The van der Waals surface area contributed by atoms with Crippen molar-refractivity contribution in [3.8, 4) is 17.6 Å². The molecule has 0 radical (unpaired) electrons. The van der Waals surface area contributed by atoms with Gasteiger partial charge in [0.25, 0.3) is 0 Å². The molecule has 2 atom stereocenters. The van der Waals surface area contributed by atoms with Crippen LogP contribution in [-0.4, -0.2) is 49.6 Å². The molecule has 8 nitrogen and oxygen atoms in total. The van der Waals surface area contributed by atoms with E-state index < -0.39 is 34.1 Å². The summed E-state index contributed by atoms with van der Waals surface area (Å²) < 4.78 is 70.6. The first-order valence-electron chi connectivity index (χ1n) is 13.2. The Bertz CT molecular complexity index is 1560. The maximum Gasteiger partial charge on any atom is 0.387 e. The predicted octanol–water partition coefficient (Wildman–Crippen LogP) is 6.95. The number of rotatable bonds is 13. The van der Waals surface area contributed by atoms with Gasteiger partial charge in [-0.2, -0.15) is 18.3 Å². The van der Waals surface area contributed by atoms with E-state index in [-0.39, 0.29) is 45.0 Å². The average molecular weight is 674 g/mol. The highest BCUT2D eigenvalue weighted by Gasteiger charge is 2.43. The number of hydrogen-bond acceptors (Lipinski definition) is 8. The molecule has 0 spiro atoms. The van der Waals surface area contributed by atoms with Gasteiger partial charge in [0.1, 0.15) is 17.1 Å². The Hall–Kier alpha value is -2.82. The first-order chi connectivity index (χ1) is 20.4. The molecular formula is C29H28Cl2F2N2O6S2. The fourth-order valence-corrected chi connectivity index (χ4v) is 8.02. The van der Waals surface area contributed by atoms with Crippen LogP contribution in [0.2, 0.25) is 0 Å². The summed E-state index contributed by atoms with van der Waals surface area (Å²) in [6.07, 6.45) is 0.779. The SMILES string of the molecule is C=C(Cl)/C(C[C@H](OC(=O)[C@@H]1SCCN1S(=O)(=O)c1ccccc1C#N)c1ccc(OC(F)F)c(OCC2CC2)c1)=C(\C)Cl. The molecule has 0 N–H and O–H groups in total. The first-order valence-corrected chi connectivity index (χ1v) is 16.4. The van der Waals surface area contributed by atoms with Crippen molar-refractivity contribution in [2.75, 3.05) is 18.9 Å². The van der Waals surface area contributed by atoms with Crippen molar-refractivity contribution in [2.45, 2.75) is 49.2 Å². The van der Waals surface area contributed by atoms with Crippen LogP contribution in [0.15, 0.2) is 69.6 Å². The Morgan fingerprint density at radius 2 is 1.93 bits per heavy atom. The van der Waals surface area contributed by atoms with Crippen LogP contribution in [0.3, 0.4) is 0 Å². The summed E-state index contributed by atoms with van der Waals surface area (Å²) in [5.74, 6) is -0.401. The highest BCUT2D eigenvalue weighted by Crippen LogP contribution is 2.40. The number of carbonyl (C=O) groups excluding carboxylic acids is 1. The van der Waals surface area contributed by atoms with Crippen LogP contribution in [0.1, 0.15) is 43.4 Å². The minimum Gasteiger partial charge on any atom is -0.489 e. The fraction of sp³-hybridized carbons (Fsp3) is 0.379. The Morgan fingerprint density at radius 1 is 1.21 bits per heavy atom. The second-order valence-electron chi connectivity index (χ2n) is 9.83. The number of nitriles is 1.